The molecular weight excluding hydrogens is 322 g/mol. The van der Waals surface area contributed by atoms with Gasteiger partial charge in [-0.15, -0.1) is 0 Å². The van der Waals surface area contributed by atoms with Crippen molar-refractivity contribution < 1.29 is 9.59 Å². The highest BCUT2D eigenvalue weighted by molar-refractivity contribution is 9.10. The van der Waals surface area contributed by atoms with Gasteiger partial charge in [-0.25, -0.2) is 0 Å². The van der Waals surface area contributed by atoms with Crippen LogP contribution in [0.1, 0.15) is 26.4 Å². The van der Waals surface area contributed by atoms with Crippen molar-refractivity contribution in [2.24, 2.45) is 0 Å². The molecule has 2 amide bonds. The molecule has 1 heterocycles. The van der Waals surface area contributed by atoms with E-state index >= 15 is 0 Å². The normalized spacial score (nSPS) is 9.90. The average Bonchev–Trinajstić information content (AvgIpc) is 2.45. The first-order valence-corrected chi connectivity index (χ1v) is 6.65. The molecule has 5 nitrogen and oxygen atoms in total. The molecule has 0 spiro atoms. The van der Waals surface area contributed by atoms with Gasteiger partial charge in [-0.3, -0.25) is 25.4 Å². The number of aromatic nitrogens is 1. The number of pyridine rings is 1. The molecular formula is C14H12BrN3O2. The van der Waals surface area contributed by atoms with Gasteiger partial charge in [0.05, 0.1) is 11.1 Å². The molecule has 0 unspecified atom stereocenters. The van der Waals surface area contributed by atoms with Gasteiger partial charge in [-0.2, -0.15) is 0 Å². The number of benzene rings is 1. The molecule has 0 bridgehead atoms. The third kappa shape index (κ3) is 3.42. The number of halogens is 1. The summed E-state index contributed by atoms with van der Waals surface area (Å²) >= 11 is 3.27. The number of nitrogens with zero attached hydrogens (tertiary/aromatic N) is 1. The number of nitrogens with one attached hydrogen (secondary N) is 2. The molecule has 1 aromatic carbocycles. The fourth-order valence-electron chi connectivity index (χ4n) is 1.50. The Labute approximate surface area is 124 Å². The third-order valence-corrected chi connectivity index (χ3v) is 3.27. The number of hydrogen-bond donors (Lipinski definition) is 2. The molecule has 0 aliphatic carbocycles. The maximum Gasteiger partial charge on any atom is 0.271 e. The highest BCUT2D eigenvalue weighted by Gasteiger charge is 2.11. The lowest BCUT2D eigenvalue weighted by molar-refractivity contribution is 0.0846. The van der Waals surface area contributed by atoms with Crippen molar-refractivity contribution in [3.05, 3.63) is 63.9 Å². The summed E-state index contributed by atoms with van der Waals surface area (Å²) in [6, 6.07) is 10.3. The van der Waals surface area contributed by atoms with Gasteiger partial charge in [-0.05, 0) is 47.1 Å². The van der Waals surface area contributed by atoms with E-state index in [1.54, 1.807) is 36.4 Å². The van der Waals surface area contributed by atoms with Crippen LogP contribution in [0.5, 0.6) is 0 Å². The summed E-state index contributed by atoms with van der Waals surface area (Å²) in [6.07, 6.45) is 1.45. The molecule has 6 heteroatoms. The minimum absolute atomic E-state index is 0.378. The van der Waals surface area contributed by atoms with Gasteiger partial charge in [0.1, 0.15) is 0 Å². The van der Waals surface area contributed by atoms with Crippen molar-refractivity contribution in [2.45, 2.75) is 6.92 Å². The second kappa shape index (κ2) is 6.29. The van der Waals surface area contributed by atoms with Crippen LogP contribution in [0.2, 0.25) is 0 Å². The summed E-state index contributed by atoms with van der Waals surface area (Å²) in [5, 5.41) is 0. The first kappa shape index (κ1) is 14.2. The van der Waals surface area contributed by atoms with E-state index in [1.165, 1.54) is 6.20 Å². The predicted octanol–water partition coefficient (Wildman–Crippen LogP) is 2.23. The predicted molar refractivity (Wildman–Crippen MR) is 78.0 cm³/mol. The van der Waals surface area contributed by atoms with Crippen LogP contribution in [0.15, 0.2) is 47.1 Å². The Morgan fingerprint density at radius 2 is 1.75 bits per heavy atom. The van der Waals surface area contributed by atoms with E-state index in [2.05, 4.69) is 31.8 Å². The summed E-state index contributed by atoms with van der Waals surface area (Å²) in [5.74, 6) is -0.816. The van der Waals surface area contributed by atoms with E-state index in [0.29, 0.717) is 15.6 Å². The van der Waals surface area contributed by atoms with Crippen molar-refractivity contribution in [3.63, 3.8) is 0 Å². The lowest BCUT2D eigenvalue weighted by Gasteiger charge is -2.08. The minimum Gasteiger partial charge on any atom is -0.267 e. The highest BCUT2D eigenvalue weighted by atomic mass is 79.9. The minimum atomic E-state index is -0.419. The Kier molecular flexibility index (Phi) is 4.47. The molecule has 2 aromatic rings. The summed E-state index contributed by atoms with van der Waals surface area (Å²) in [5.41, 5.74) is 6.34. The van der Waals surface area contributed by atoms with Gasteiger partial charge < -0.3 is 0 Å². The van der Waals surface area contributed by atoms with Gasteiger partial charge in [0.15, 0.2) is 0 Å². The number of hydrogen-bond acceptors (Lipinski definition) is 3. The van der Waals surface area contributed by atoms with Crippen molar-refractivity contribution in [3.8, 4) is 0 Å². The number of hydrazine groups is 1. The Hall–Kier alpha value is -2.21. The third-order valence-electron chi connectivity index (χ3n) is 2.58. The Balaban J connectivity index is 1.99. The second-order valence-corrected chi connectivity index (χ2v) is 4.93. The van der Waals surface area contributed by atoms with Gasteiger partial charge in [0.2, 0.25) is 0 Å². The van der Waals surface area contributed by atoms with Crippen molar-refractivity contribution in [1.29, 1.82) is 0 Å². The van der Waals surface area contributed by atoms with E-state index in [1.807, 2.05) is 6.92 Å². The van der Waals surface area contributed by atoms with E-state index in [9.17, 15) is 9.59 Å². The van der Waals surface area contributed by atoms with Crippen LogP contribution in [0, 0.1) is 6.92 Å². The zero-order chi connectivity index (χ0) is 14.5. The molecule has 0 saturated heterocycles. The zero-order valence-corrected chi connectivity index (χ0v) is 12.3. The van der Waals surface area contributed by atoms with E-state index in [0.717, 1.165) is 5.69 Å². The van der Waals surface area contributed by atoms with Gasteiger partial charge in [0.25, 0.3) is 11.8 Å². The van der Waals surface area contributed by atoms with Crippen LogP contribution < -0.4 is 10.9 Å². The first-order valence-electron chi connectivity index (χ1n) is 5.86. The number of carbonyl (C=O) groups is 2. The SMILES string of the molecule is Cc1ccc(C(=O)NNC(=O)c2ccccc2Br)cn1. The maximum absolute atomic E-state index is 11.9. The molecule has 0 aliphatic heterocycles. The molecule has 0 atom stereocenters. The zero-order valence-electron chi connectivity index (χ0n) is 10.7. The van der Waals surface area contributed by atoms with E-state index in [4.69, 9.17) is 0 Å². The number of aryl methyl sites for hydroxylation is 1. The van der Waals surface area contributed by atoms with Crippen LogP contribution >= 0.6 is 15.9 Å². The second-order valence-electron chi connectivity index (χ2n) is 4.08. The van der Waals surface area contributed by atoms with Crippen LogP contribution in [-0.4, -0.2) is 16.8 Å². The van der Waals surface area contributed by atoms with Gasteiger partial charge in [0, 0.05) is 16.4 Å². The van der Waals surface area contributed by atoms with Gasteiger partial charge in [-0.1, -0.05) is 12.1 Å². The van der Waals surface area contributed by atoms with Gasteiger partial charge >= 0.3 is 0 Å². The maximum atomic E-state index is 11.9. The molecule has 0 fully saturated rings. The lowest BCUT2D eigenvalue weighted by Crippen LogP contribution is -2.41. The molecule has 20 heavy (non-hydrogen) atoms. The molecule has 0 aliphatic rings. The number of amides is 2. The van der Waals surface area contributed by atoms with Crippen molar-refractivity contribution >= 4 is 27.7 Å². The fourth-order valence-corrected chi connectivity index (χ4v) is 1.97. The quantitative estimate of drug-likeness (QED) is 0.828. The van der Waals surface area contributed by atoms with Crippen molar-refractivity contribution in [2.75, 3.05) is 0 Å². The lowest BCUT2D eigenvalue weighted by atomic mass is 10.2. The molecule has 1 aromatic heterocycles. The number of rotatable bonds is 2. The molecule has 2 rings (SSSR count). The Morgan fingerprint density at radius 3 is 2.40 bits per heavy atom. The highest BCUT2D eigenvalue weighted by Crippen LogP contribution is 2.15. The Morgan fingerprint density at radius 1 is 1.05 bits per heavy atom. The first-order chi connectivity index (χ1) is 9.58. The topological polar surface area (TPSA) is 71.1 Å². The molecule has 2 N–H and O–H groups in total. The van der Waals surface area contributed by atoms with Crippen LogP contribution in [0.3, 0.4) is 0 Å². The van der Waals surface area contributed by atoms with E-state index in [-0.39, 0.29) is 0 Å². The van der Waals surface area contributed by atoms with E-state index < -0.39 is 11.8 Å². The largest absolute Gasteiger partial charge is 0.271 e. The Bertz CT molecular complexity index is 641. The van der Waals surface area contributed by atoms with Crippen LogP contribution in [0.25, 0.3) is 0 Å². The molecule has 0 radical (unpaired) electrons. The standard InChI is InChI=1S/C14H12BrN3O2/c1-9-6-7-10(8-16-9)13(19)17-18-14(20)11-4-2-3-5-12(11)15/h2-8H,1H3,(H,17,19)(H,18,20). The summed E-state index contributed by atoms with van der Waals surface area (Å²) in [4.78, 5) is 27.7. The molecule has 0 saturated carbocycles. The summed E-state index contributed by atoms with van der Waals surface area (Å²) < 4.78 is 0.656. The fraction of sp³-hybridized carbons (Fsp3) is 0.0714. The average molecular weight is 334 g/mol. The molecule has 102 valence electrons. The van der Waals surface area contributed by atoms with Crippen LogP contribution in [0.4, 0.5) is 0 Å². The van der Waals surface area contributed by atoms with Crippen LogP contribution in [-0.2, 0) is 0 Å². The summed E-state index contributed by atoms with van der Waals surface area (Å²) in [7, 11) is 0. The summed E-state index contributed by atoms with van der Waals surface area (Å²) in [6.45, 7) is 1.83. The van der Waals surface area contributed by atoms with Crippen molar-refractivity contribution in [1.82, 2.24) is 15.8 Å². The monoisotopic (exact) mass is 333 g/mol. The number of carbonyl (C=O) groups excluding carboxylic acids is 2. The smallest absolute Gasteiger partial charge is 0.267 e.